The van der Waals surface area contributed by atoms with Gasteiger partial charge in [-0.2, -0.15) is 0 Å². The lowest BCUT2D eigenvalue weighted by Gasteiger charge is -2.00. The molecular weight excluding hydrogens is 284 g/mol. The van der Waals surface area contributed by atoms with Gasteiger partial charge in [0.2, 0.25) is 0 Å². The molecule has 22 heavy (non-hydrogen) atoms. The molecule has 2 aromatic rings. The second-order valence-electron chi connectivity index (χ2n) is 4.50. The Labute approximate surface area is 128 Å². The molecule has 0 atom stereocenters. The van der Waals surface area contributed by atoms with E-state index >= 15 is 0 Å². The van der Waals surface area contributed by atoms with Crippen LogP contribution in [0.15, 0.2) is 49.1 Å². The fourth-order valence-electron chi connectivity index (χ4n) is 1.60. The van der Waals surface area contributed by atoms with Gasteiger partial charge in [-0.3, -0.25) is 19.6 Å². The third-order valence-electron chi connectivity index (χ3n) is 2.75. The Bertz CT molecular complexity index is 520. The molecule has 0 saturated carbocycles. The van der Waals surface area contributed by atoms with E-state index in [-0.39, 0.29) is 12.8 Å². The van der Waals surface area contributed by atoms with Crippen molar-refractivity contribution in [1.29, 1.82) is 0 Å². The second-order valence-corrected chi connectivity index (χ2v) is 4.50. The van der Waals surface area contributed by atoms with Crippen molar-refractivity contribution in [2.75, 3.05) is 0 Å². The Morgan fingerprint density at radius 2 is 1.05 bits per heavy atom. The molecule has 0 aliphatic carbocycles. The van der Waals surface area contributed by atoms with Crippen molar-refractivity contribution < 1.29 is 19.8 Å². The fourth-order valence-corrected chi connectivity index (χ4v) is 1.60. The maximum absolute atomic E-state index is 9.64. The number of carboxylic acid groups (broad SMARTS) is 2. The van der Waals surface area contributed by atoms with E-state index in [2.05, 4.69) is 34.2 Å². The number of nitrogens with zero attached hydrogens (tertiary/aromatic N) is 2. The molecule has 6 nitrogen and oxygen atoms in total. The van der Waals surface area contributed by atoms with Crippen molar-refractivity contribution in [3.8, 4) is 0 Å². The van der Waals surface area contributed by atoms with Gasteiger partial charge in [0.1, 0.15) is 0 Å². The zero-order valence-electron chi connectivity index (χ0n) is 12.1. The van der Waals surface area contributed by atoms with Gasteiger partial charge in [0.15, 0.2) is 0 Å². The van der Waals surface area contributed by atoms with Gasteiger partial charge in [-0.15, -0.1) is 0 Å². The van der Waals surface area contributed by atoms with E-state index in [1.807, 2.05) is 24.8 Å². The van der Waals surface area contributed by atoms with Crippen molar-refractivity contribution in [2.24, 2.45) is 0 Å². The summed E-state index contributed by atoms with van der Waals surface area (Å²) in [7, 11) is 0. The minimum atomic E-state index is -1.08. The third kappa shape index (κ3) is 8.42. The highest BCUT2D eigenvalue weighted by molar-refractivity contribution is 5.75. The Morgan fingerprint density at radius 3 is 1.32 bits per heavy atom. The number of rotatable bonds is 6. The van der Waals surface area contributed by atoms with E-state index in [4.69, 9.17) is 10.2 Å². The van der Waals surface area contributed by atoms with Crippen LogP contribution in [0.25, 0.3) is 0 Å². The lowest BCUT2D eigenvalue weighted by molar-refractivity contribution is -0.143. The molecule has 2 rings (SSSR count). The number of aromatic nitrogens is 2. The van der Waals surface area contributed by atoms with Crippen LogP contribution in [0.2, 0.25) is 0 Å². The first kappa shape index (κ1) is 17.3. The highest BCUT2D eigenvalue weighted by Crippen LogP contribution is 2.04. The minimum absolute atomic E-state index is 0.296. The highest BCUT2D eigenvalue weighted by Gasteiger charge is 2.00. The minimum Gasteiger partial charge on any atom is -0.481 e. The first-order chi connectivity index (χ1) is 10.6. The normalized spacial score (nSPS) is 9.45. The van der Waals surface area contributed by atoms with Crippen LogP contribution in [0.3, 0.4) is 0 Å². The lowest BCUT2D eigenvalue weighted by atomic mass is 10.1. The van der Waals surface area contributed by atoms with Crippen molar-refractivity contribution >= 4 is 11.9 Å². The summed E-state index contributed by atoms with van der Waals surface area (Å²) < 4.78 is 0. The Balaban J connectivity index is 0.000000261. The largest absolute Gasteiger partial charge is 0.481 e. The summed E-state index contributed by atoms with van der Waals surface area (Å²) >= 11 is 0. The monoisotopic (exact) mass is 302 g/mol. The SMILES string of the molecule is O=C(O)CCC(=O)O.c1cc(CCc2ccncc2)ccn1. The van der Waals surface area contributed by atoms with Crippen molar-refractivity contribution in [1.82, 2.24) is 9.97 Å². The molecule has 0 aromatic carbocycles. The van der Waals surface area contributed by atoms with Gasteiger partial charge >= 0.3 is 11.9 Å². The smallest absolute Gasteiger partial charge is 0.303 e. The molecular formula is C16H18N2O4. The number of hydrogen-bond acceptors (Lipinski definition) is 4. The summed E-state index contributed by atoms with van der Waals surface area (Å²) in [6.07, 6.45) is 8.87. The molecule has 0 spiro atoms. The van der Waals surface area contributed by atoms with Gasteiger partial charge in [0.05, 0.1) is 12.8 Å². The molecule has 2 N–H and O–H groups in total. The maximum Gasteiger partial charge on any atom is 0.303 e. The molecule has 116 valence electrons. The van der Waals surface area contributed by atoms with Crippen LogP contribution in [0, 0.1) is 0 Å². The molecule has 0 aliphatic heterocycles. The van der Waals surface area contributed by atoms with Gasteiger partial charge in [0.25, 0.3) is 0 Å². The van der Waals surface area contributed by atoms with E-state index < -0.39 is 11.9 Å². The maximum atomic E-state index is 9.64. The molecule has 0 bridgehead atoms. The lowest BCUT2D eigenvalue weighted by Crippen LogP contribution is -2.00. The summed E-state index contributed by atoms with van der Waals surface area (Å²) in [6.45, 7) is 0. The number of aryl methyl sites for hydroxylation is 2. The van der Waals surface area contributed by atoms with Crippen LogP contribution in [0.5, 0.6) is 0 Å². The van der Waals surface area contributed by atoms with E-state index in [0.717, 1.165) is 12.8 Å². The summed E-state index contributed by atoms with van der Waals surface area (Å²) in [5.41, 5.74) is 2.66. The van der Waals surface area contributed by atoms with Crippen LogP contribution < -0.4 is 0 Å². The molecule has 0 fully saturated rings. The van der Waals surface area contributed by atoms with Crippen LogP contribution in [-0.4, -0.2) is 32.1 Å². The molecule has 2 aromatic heterocycles. The predicted molar refractivity (Wildman–Crippen MR) is 80.4 cm³/mol. The standard InChI is InChI=1S/C12H12N2.C4H6O4/c1(11-3-7-13-8-4-11)2-12-5-9-14-10-6-12;5-3(6)1-2-4(7)8/h3-10H,1-2H2;1-2H2,(H,5,6)(H,7,8). The van der Waals surface area contributed by atoms with E-state index in [1.54, 1.807) is 0 Å². The summed E-state index contributed by atoms with van der Waals surface area (Å²) in [4.78, 5) is 27.3. The molecule has 0 radical (unpaired) electrons. The average Bonchev–Trinajstić information content (AvgIpc) is 2.54. The van der Waals surface area contributed by atoms with Crippen LogP contribution in [0.4, 0.5) is 0 Å². The van der Waals surface area contributed by atoms with Gasteiger partial charge in [-0.25, -0.2) is 0 Å². The van der Waals surface area contributed by atoms with Crippen molar-refractivity contribution in [3.05, 3.63) is 60.2 Å². The number of carbonyl (C=O) groups is 2. The number of pyridine rings is 2. The second kappa shape index (κ2) is 10.0. The first-order valence-electron chi connectivity index (χ1n) is 6.79. The topological polar surface area (TPSA) is 100 Å². The number of aliphatic carboxylic acids is 2. The van der Waals surface area contributed by atoms with Gasteiger partial charge in [-0.05, 0) is 48.2 Å². The van der Waals surface area contributed by atoms with Crippen molar-refractivity contribution in [2.45, 2.75) is 25.7 Å². The fraction of sp³-hybridized carbons (Fsp3) is 0.250. The zero-order chi connectivity index (χ0) is 16.2. The number of hydrogen-bond donors (Lipinski definition) is 2. The van der Waals surface area contributed by atoms with Crippen molar-refractivity contribution in [3.63, 3.8) is 0 Å². The van der Waals surface area contributed by atoms with Gasteiger partial charge in [0, 0.05) is 24.8 Å². The van der Waals surface area contributed by atoms with E-state index in [9.17, 15) is 9.59 Å². The van der Waals surface area contributed by atoms with E-state index in [1.165, 1.54) is 11.1 Å². The predicted octanol–water partition coefficient (Wildman–Crippen LogP) is 2.20. The first-order valence-corrected chi connectivity index (χ1v) is 6.79. The Hall–Kier alpha value is -2.76. The van der Waals surface area contributed by atoms with Crippen LogP contribution in [-0.2, 0) is 22.4 Å². The van der Waals surface area contributed by atoms with Gasteiger partial charge in [-0.1, -0.05) is 0 Å². The molecule has 0 aliphatic rings. The van der Waals surface area contributed by atoms with Crippen LogP contribution >= 0.6 is 0 Å². The average molecular weight is 302 g/mol. The summed E-state index contributed by atoms with van der Waals surface area (Å²) in [5, 5.41) is 15.8. The molecule has 6 heteroatoms. The quantitative estimate of drug-likeness (QED) is 0.848. The Kier molecular flexibility index (Phi) is 7.89. The Morgan fingerprint density at radius 1 is 0.727 bits per heavy atom. The molecule has 0 amide bonds. The van der Waals surface area contributed by atoms with Crippen LogP contribution in [0.1, 0.15) is 24.0 Å². The highest BCUT2D eigenvalue weighted by atomic mass is 16.4. The molecule has 0 unspecified atom stereocenters. The number of carboxylic acids is 2. The zero-order valence-corrected chi connectivity index (χ0v) is 12.1. The van der Waals surface area contributed by atoms with Gasteiger partial charge < -0.3 is 10.2 Å². The third-order valence-corrected chi connectivity index (χ3v) is 2.75. The molecule has 2 heterocycles. The van der Waals surface area contributed by atoms with E-state index in [0.29, 0.717) is 0 Å². The summed E-state index contributed by atoms with van der Waals surface area (Å²) in [5.74, 6) is -2.15. The molecule has 0 saturated heterocycles. The summed E-state index contributed by atoms with van der Waals surface area (Å²) in [6, 6.07) is 8.23.